The van der Waals surface area contributed by atoms with Gasteiger partial charge in [-0.25, -0.2) is 0 Å². The number of carbonyl (C=O) groups excluding carboxylic acids is 1. The van der Waals surface area contributed by atoms with Gasteiger partial charge >= 0.3 is 0 Å². The quantitative estimate of drug-likeness (QED) is 0.752. The Morgan fingerprint density at radius 1 is 1.71 bits per heavy atom. The first kappa shape index (κ1) is 14.0. The van der Waals surface area contributed by atoms with E-state index in [-0.39, 0.29) is 24.4 Å². The number of carbonyl (C=O) groups is 1. The molecule has 0 spiro atoms. The molecule has 1 aliphatic heterocycles. The normalized spacial score (nSPS) is 21.6. The summed E-state index contributed by atoms with van der Waals surface area (Å²) in [6, 6.07) is 0. The van der Waals surface area contributed by atoms with E-state index in [2.05, 4.69) is 0 Å². The molecule has 0 aromatic heterocycles. The van der Waals surface area contributed by atoms with Gasteiger partial charge in [-0.2, -0.15) is 11.8 Å². The van der Waals surface area contributed by atoms with Crippen molar-refractivity contribution in [3.63, 3.8) is 0 Å². The molecule has 6 heteroatoms. The van der Waals surface area contributed by atoms with E-state index in [9.17, 15) is 4.79 Å². The summed E-state index contributed by atoms with van der Waals surface area (Å²) >= 11 is 1.55. The van der Waals surface area contributed by atoms with E-state index in [1.54, 1.807) is 11.8 Å². The number of nitrogens with two attached hydrogens (primary N) is 1. The van der Waals surface area contributed by atoms with Crippen molar-refractivity contribution < 1.29 is 9.53 Å². The van der Waals surface area contributed by atoms with Gasteiger partial charge < -0.3 is 15.4 Å². The van der Waals surface area contributed by atoms with Crippen LogP contribution in [0.2, 0.25) is 0 Å². The zero-order chi connectivity index (χ0) is 9.68. The van der Waals surface area contributed by atoms with Crippen molar-refractivity contribution in [2.75, 3.05) is 38.2 Å². The van der Waals surface area contributed by atoms with E-state index in [1.807, 2.05) is 11.2 Å². The molecule has 0 bridgehead atoms. The third-order valence-corrected chi connectivity index (χ3v) is 2.56. The van der Waals surface area contributed by atoms with E-state index in [4.69, 9.17) is 10.5 Å². The number of hydrogen-bond acceptors (Lipinski definition) is 4. The van der Waals surface area contributed by atoms with Crippen molar-refractivity contribution in [3.8, 4) is 0 Å². The van der Waals surface area contributed by atoms with Gasteiger partial charge in [-0.3, -0.25) is 4.79 Å². The molecule has 1 amide bonds. The average Bonchev–Trinajstić information content (AvgIpc) is 2.18. The van der Waals surface area contributed by atoms with Gasteiger partial charge in [0, 0.05) is 19.6 Å². The fraction of sp³-hybridized carbons (Fsp3) is 0.875. The summed E-state index contributed by atoms with van der Waals surface area (Å²) in [4.78, 5) is 13.3. The van der Waals surface area contributed by atoms with E-state index >= 15 is 0 Å². The summed E-state index contributed by atoms with van der Waals surface area (Å²) in [5.41, 5.74) is 5.47. The molecular weight excluding hydrogens is 224 g/mol. The molecule has 1 saturated heterocycles. The minimum absolute atomic E-state index is 0. The molecule has 2 N–H and O–H groups in total. The number of rotatable bonds is 3. The monoisotopic (exact) mass is 240 g/mol. The summed E-state index contributed by atoms with van der Waals surface area (Å²) in [7, 11) is 0. The molecule has 0 aromatic carbocycles. The highest BCUT2D eigenvalue weighted by atomic mass is 35.5. The molecule has 1 atom stereocenters. The van der Waals surface area contributed by atoms with Crippen LogP contribution in [-0.4, -0.2) is 55.2 Å². The Balaban J connectivity index is 0.00000169. The third-order valence-electron chi connectivity index (χ3n) is 2.02. The second-order valence-electron chi connectivity index (χ2n) is 3.00. The molecule has 0 aromatic rings. The number of morpholine rings is 1. The van der Waals surface area contributed by atoms with Gasteiger partial charge in [0.2, 0.25) is 5.91 Å². The Morgan fingerprint density at radius 3 is 3.00 bits per heavy atom. The van der Waals surface area contributed by atoms with Crippen LogP contribution in [0.3, 0.4) is 0 Å². The molecule has 14 heavy (non-hydrogen) atoms. The summed E-state index contributed by atoms with van der Waals surface area (Å²) in [6.45, 7) is 2.46. The van der Waals surface area contributed by atoms with Crippen molar-refractivity contribution in [2.24, 2.45) is 5.73 Å². The highest BCUT2D eigenvalue weighted by molar-refractivity contribution is 7.99. The first-order valence-corrected chi connectivity index (χ1v) is 5.75. The van der Waals surface area contributed by atoms with E-state index < -0.39 is 0 Å². The summed E-state index contributed by atoms with van der Waals surface area (Å²) < 4.78 is 5.36. The van der Waals surface area contributed by atoms with Gasteiger partial charge in [0.1, 0.15) is 0 Å². The van der Waals surface area contributed by atoms with Crippen molar-refractivity contribution in [2.45, 2.75) is 6.10 Å². The Bertz CT molecular complexity index is 183. The summed E-state index contributed by atoms with van der Waals surface area (Å²) in [5, 5.41) is 0. The van der Waals surface area contributed by atoms with Gasteiger partial charge in [-0.1, -0.05) is 0 Å². The number of halogens is 1. The van der Waals surface area contributed by atoms with Crippen LogP contribution in [0.25, 0.3) is 0 Å². The van der Waals surface area contributed by atoms with Crippen LogP contribution in [0, 0.1) is 0 Å². The van der Waals surface area contributed by atoms with Gasteiger partial charge in [0.15, 0.2) is 0 Å². The van der Waals surface area contributed by atoms with E-state index in [1.165, 1.54) is 0 Å². The minimum Gasteiger partial charge on any atom is -0.373 e. The topological polar surface area (TPSA) is 55.6 Å². The standard InChI is InChI=1S/C8H16N2O2S.ClH/c1-13-6-8(11)10-2-3-12-7(4-9)5-10;/h7H,2-6,9H2,1H3;1H. The first-order valence-electron chi connectivity index (χ1n) is 4.36. The van der Waals surface area contributed by atoms with Crippen LogP contribution in [0.1, 0.15) is 0 Å². The Hall–Kier alpha value is 0.0300. The summed E-state index contributed by atoms with van der Waals surface area (Å²) in [5.74, 6) is 0.742. The molecule has 1 aliphatic rings. The number of ether oxygens (including phenoxy) is 1. The van der Waals surface area contributed by atoms with Crippen LogP contribution < -0.4 is 5.73 Å². The summed E-state index contributed by atoms with van der Waals surface area (Å²) in [6.07, 6.45) is 1.96. The number of nitrogens with zero attached hydrogens (tertiary/aromatic N) is 1. The fourth-order valence-electron chi connectivity index (χ4n) is 1.30. The Kier molecular flexibility index (Phi) is 7.35. The van der Waals surface area contributed by atoms with Gasteiger partial charge in [0.25, 0.3) is 0 Å². The maximum absolute atomic E-state index is 11.5. The van der Waals surface area contributed by atoms with Crippen LogP contribution in [0.15, 0.2) is 0 Å². The second kappa shape index (κ2) is 7.34. The lowest BCUT2D eigenvalue weighted by Crippen LogP contribution is -2.48. The highest BCUT2D eigenvalue weighted by Gasteiger charge is 2.22. The molecular formula is C8H17ClN2O2S. The molecule has 1 fully saturated rings. The fourth-order valence-corrected chi connectivity index (χ4v) is 1.73. The predicted molar refractivity (Wildman–Crippen MR) is 61.0 cm³/mol. The highest BCUT2D eigenvalue weighted by Crippen LogP contribution is 2.06. The molecule has 0 aliphatic carbocycles. The van der Waals surface area contributed by atoms with Crippen LogP contribution in [-0.2, 0) is 9.53 Å². The smallest absolute Gasteiger partial charge is 0.232 e. The molecule has 0 saturated carbocycles. The zero-order valence-corrected chi connectivity index (χ0v) is 9.90. The molecule has 4 nitrogen and oxygen atoms in total. The molecule has 84 valence electrons. The van der Waals surface area contributed by atoms with Crippen molar-refractivity contribution in [1.29, 1.82) is 0 Å². The maximum Gasteiger partial charge on any atom is 0.232 e. The third kappa shape index (κ3) is 4.04. The second-order valence-corrected chi connectivity index (χ2v) is 3.87. The lowest BCUT2D eigenvalue weighted by atomic mass is 10.3. The van der Waals surface area contributed by atoms with Crippen molar-refractivity contribution in [1.82, 2.24) is 4.90 Å². The predicted octanol–water partition coefficient (Wildman–Crippen LogP) is -0.0427. The zero-order valence-electron chi connectivity index (χ0n) is 8.27. The molecule has 1 rings (SSSR count). The van der Waals surface area contributed by atoms with Crippen molar-refractivity contribution in [3.05, 3.63) is 0 Å². The first-order chi connectivity index (χ1) is 6.27. The SMILES string of the molecule is CSCC(=O)N1CCOC(CN)C1.Cl. The van der Waals surface area contributed by atoms with Gasteiger partial charge in [0.05, 0.1) is 18.5 Å². The van der Waals surface area contributed by atoms with Crippen LogP contribution in [0.5, 0.6) is 0 Å². The van der Waals surface area contributed by atoms with E-state index in [0.717, 1.165) is 0 Å². The maximum atomic E-state index is 11.5. The van der Waals surface area contributed by atoms with Crippen molar-refractivity contribution >= 4 is 30.1 Å². The Morgan fingerprint density at radius 2 is 2.43 bits per heavy atom. The largest absolute Gasteiger partial charge is 0.373 e. The number of thioether (sulfide) groups is 1. The average molecular weight is 241 g/mol. The Labute approximate surface area is 94.9 Å². The molecule has 1 unspecified atom stereocenters. The van der Waals surface area contributed by atoms with Gasteiger partial charge in [-0.05, 0) is 6.26 Å². The minimum atomic E-state index is 0. The van der Waals surface area contributed by atoms with Crippen LogP contribution >= 0.6 is 24.2 Å². The number of hydrogen-bond donors (Lipinski definition) is 1. The number of amides is 1. The van der Waals surface area contributed by atoms with Crippen LogP contribution in [0.4, 0.5) is 0 Å². The molecule has 0 radical (unpaired) electrons. The van der Waals surface area contributed by atoms with Gasteiger partial charge in [-0.15, -0.1) is 12.4 Å². The lowest BCUT2D eigenvalue weighted by Gasteiger charge is -2.32. The van der Waals surface area contributed by atoms with E-state index in [0.29, 0.717) is 32.0 Å². The lowest BCUT2D eigenvalue weighted by molar-refractivity contribution is -0.135. The molecule has 1 heterocycles.